The van der Waals surface area contributed by atoms with Crippen LogP contribution in [0.5, 0.6) is 0 Å². The Kier molecular flexibility index (Phi) is 3.98. The van der Waals surface area contributed by atoms with Crippen LogP contribution in [0.4, 0.5) is 10.1 Å². The first-order valence-electron chi connectivity index (χ1n) is 7.25. The first kappa shape index (κ1) is 14.5. The van der Waals surface area contributed by atoms with E-state index < -0.39 is 0 Å². The SMILES string of the molecule is CC1CN(C(=N)CCCF)c2ccc3c(Br)cccc3c21. The molecule has 1 aliphatic heterocycles. The lowest BCUT2D eigenvalue weighted by Gasteiger charge is -2.20. The van der Waals surface area contributed by atoms with E-state index >= 15 is 0 Å². The van der Waals surface area contributed by atoms with Crippen LogP contribution in [0.2, 0.25) is 0 Å². The Morgan fingerprint density at radius 2 is 2.14 bits per heavy atom. The summed E-state index contributed by atoms with van der Waals surface area (Å²) >= 11 is 3.61. The Bertz CT molecular complexity index is 698. The molecule has 0 fully saturated rings. The van der Waals surface area contributed by atoms with Crippen molar-refractivity contribution in [2.24, 2.45) is 0 Å². The fraction of sp³-hybridized carbons (Fsp3) is 0.353. The minimum atomic E-state index is -0.358. The van der Waals surface area contributed by atoms with Crippen LogP contribution in [-0.4, -0.2) is 19.1 Å². The van der Waals surface area contributed by atoms with Gasteiger partial charge in [-0.25, -0.2) is 0 Å². The summed E-state index contributed by atoms with van der Waals surface area (Å²) in [5, 5.41) is 10.7. The van der Waals surface area contributed by atoms with Crippen molar-refractivity contribution >= 4 is 38.2 Å². The van der Waals surface area contributed by atoms with Gasteiger partial charge in [0.05, 0.1) is 6.67 Å². The highest BCUT2D eigenvalue weighted by Gasteiger charge is 2.29. The summed E-state index contributed by atoms with van der Waals surface area (Å²) < 4.78 is 13.4. The number of fused-ring (bicyclic) bond motifs is 3. The van der Waals surface area contributed by atoms with Crippen molar-refractivity contribution in [2.45, 2.75) is 25.7 Å². The Labute approximate surface area is 132 Å². The lowest BCUT2D eigenvalue weighted by molar-refractivity contribution is 0.478. The van der Waals surface area contributed by atoms with Crippen molar-refractivity contribution in [1.82, 2.24) is 0 Å². The molecular weight excluding hydrogens is 331 g/mol. The van der Waals surface area contributed by atoms with Gasteiger partial charge >= 0.3 is 0 Å². The molecule has 4 heteroatoms. The van der Waals surface area contributed by atoms with Crippen LogP contribution in [-0.2, 0) is 0 Å². The van der Waals surface area contributed by atoms with Gasteiger partial charge in [-0.2, -0.15) is 0 Å². The van der Waals surface area contributed by atoms with E-state index in [0.717, 1.165) is 16.7 Å². The molecule has 1 heterocycles. The largest absolute Gasteiger partial charge is 0.329 e. The van der Waals surface area contributed by atoms with Gasteiger partial charge in [0.25, 0.3) is 0 Å². The second kappa shape index (κ2) is 5.76. The summed E-state index contributed by atoms with van der Waals surface area (Å²) in [5.41, 5.74) is 2.41. The highest BCUT2D eigenvalue weighted by molar-refractivity contribution is 9.10. The summed E-state index contributed by atoms with van der Waals surface area (Å²) in [5.74, 6) is 0.899. The molecule has 21 heavy (non-hydrogen) atoms. The van der Waals surface area contributed by atoms with Crippen LogP contribution in [0.3, 0.4) is 0 Å². The van der Waals surface area contributed by atoms with Gasteiger partial charge < -0.3 is 4.90 Å². The molecule has 0 bridgehead atoms. The molecule has 110 valence electrons. The molecule has 0 amide bonds. The molecule has 1 atom stereocenters. The number of halogens is 2. The van der Waals surface area contributed by atoms with Crippen LogP contribution < -0.4 is 4.90 Å². The monoisotopic (exact) mass is 348 g/mol. The first-order chi connectivity index (χ1) is 10.1. The van der Waals surface area contributed by atoms with E-state index in [0.29, 0.717) is 24.6 Å². The van der Waals surface area contributed by atoms with E-state index in [1.165, 1.54) is 16.3 Å². The first-order valence-corrected chi connectivity index (χ1v) is 8.05. The van der Waals surface area contributed by atoms with E-state index in [2.05, 4.69) is 53.2 Å². The third-order valence-electron chi connectivity index (χ3n) is 4.14. The van der Waals surface area contributed by atoms with Crippen molar-refractivity contribution in [3.63, 3.8) is 0 Å². The molecule has 2 nitrogen and oxygen atoms in total. The maximum atomic E-state index is 12.3. The Morgan fingerprint density at radius 3 is 2.90 bits per heavy atom. The van der Waals surface area contributed by atoms with E-state index in [1.807, 2.05) is 4.90 Å². The molecule has 0 radical (unpaired) electrons. The fourth-order valence-corrected chi connectivity index (χ4v) is 3.67. The summed E-state index contributed by atoms with van der Waals surface area (Å²) in [6, 6.07) is 10.4. The van der Waals surface area contributed by atoms with Crippen molar-refractivity contribution in [3.8, 4) is 0 Å². The van der Waals surface area contributed by atoms with Gasteiger partial charge in [-0.3, -0.25) is 9.80 Å². The van der Waals surface area contributed by atoms with E-state index in [9.17, 15) is 4.39 Å². The number of anilines is 1. The van der Waals surface area contributed by atoms with Gasteiger partial charge in [0.2, 0.25) is 0 Å². The van der Waals surface area contributed by atoms with Gasteiger partial charge in [-0.05, 0) is 34.9 Å². The minimum Gasteiger partial charge on any atom is -0.329 e. The number of nitrogens with one attached hydrogen (secondary N) is 1. The molecule has 1 aliphatic rings. The second-order valence-electron chi connectivity index (χ2n) is 5.58. The molecule has 0 aliphatic carbocycles. The number of rotatable bonds is 3. The van der Waals surface area contributed by atoms with Crippen LogP contribution in [0.15, 0.2) is 34.8 Å². The summed E-state index contributed by atoms with van der Waals surface area (Å²) in [6.07, 6.45) is 0.928. The molecule has 0 saturated heterocycles. The Balaban J connectivity index is 2.07. The molecule has 3 rings (SSSR count). The van der Waals surface area contributed by atoms with E-state index in [1.54, 1.807) is 0 Å². The zero-order valence-electron chi connectivity index (χ0n) is 12.0. The van der Waals surface area contributed by atoms with Gasteiger partial charge in [0, 0.05) is 29.0 Å². The third-order valence-corrected chi connectivity index (χ3v) is 4.83. The predicted molar refractivity (Wildman–Crippen MR) is 90.3 cm³/mol. The number of nitrogens with zero attached hydrogens (tertiary/aromatic N) is 1. The maximum absolute atomic E-state index is 12.3. The molecule has 0 saturated carbocycles. The zero-order chi connectivity index (χ0) is 15.0. The number of alkyl halides is 1. The molecule has 0 spiro atoms. The molecule has 1 unspecified atom stereocenters. The van der Waals surface area contributed by atoms with Gasteiger partial charge in [0.15, 0.2) is 0 Å². The molecule has 0 aromatic heterocycles. The van der Waals surface area contributed by atoms with Gasteiger partial charge in [-0.15, -0.1) is 0 Å². The quantitative estimate of drug-likeness (QED) is 0.594. The number of hydrogen-bond donors (Lipinski definition) is 1. The lowest BCUT2D eigenvalue weighted by atomic mass is 9.96. The highest BCUT2D eigenvalue weighted by Crippen LogP contribution is 2.42. The Morgan fingerprint density at radius 1 is 1.33 bits per heavy atom. The number of hydrogen-bond acceptors (Lipinski definition) is 1. The average Bonchev–Trinajstić information content (AvgIpc) is 2.83. The minimum absolute atomic E-state index is 0.358. The lowest BCUT2D eigenvalue weighted by Crippen LogP contribution is -2.28. The molecule has 2 aromatic rings. The molecule has 2 aromatic carbocycles. The van der Waals surface area contributed by atoms with E-state index in [4.69, 9.17) is 5.41 Å². The number of amidine groups is 1. The smallest absolute Gasteiger partial charge is 0.100 e. The average molecular weight is 349 g/mol. The van der Waals surface area contributed by atoms with Crippen LogP contribution in [0, 0.1) is 5.41 Å². The maximum Gasteiger partial charge on any atom is 0.100 e. The van der Waals surface area contributed by atoms with Crippen molar-refractivity contribution < 1.29 is 4.39 Å². The van der Waals surface area contributed by atoms with Gasteiger partial charge in [-0.1, -0.05) is 41.1 Å². The fourth-order valence-electron chi connectivity index (χ4n) is 3.17. The van der Waals surface area contributed by atoms with Crippen LogP contribution >= 0.6 is 15.9 Å². The Hall–Kier alpha value is -1.42. The second-order valence-corrected chi connectivity index (χ2v) is 6.44. The van der Waals surface area contributed by atoms with Crippen molar-refractivity contribution in [3.05, 3.63) is 40.4 Å². The standard InChI is InChI=1S/C17H18BrFN2/c1-11-10-21(16(20)6-3-9-19)15-8-7-12-13(17(11)15)4-2-5-14(12)18/h2,4-5,7-8,11,20H,3,6,9-10H2,1H3. The summed E-state index contributed by atoms with van der Waals surface area (Å²) in [6.45, 7) is 2.65. The van der Waals surface area contributed by atoms with Crippen molar-refractivity contribution in [2.75, 3.05) is 18.1 Å². The third kappa shape index (κ3) is 2.46. The van der Waals surface area contributed by atoms with Crippen LogP contribution in [0.1, 0.15) is 31.2 Å². The summed E-state index contributed by atoms with van der Waals surface area (Å²) in [4.78, 5) is 2.04. The molecular formula is C17H18BrFN2. The van der Waals surface area contributed by atoms with Gasteiger partial charge in [0.1, 0.15) is 5.84 Å². The zero-order valence-corrected chi connectivity index (χ0v) is 13.6. The number of benzene rings is 2. The predicted octanol–water partition coefficient (Wildman–Crippen LogP) is 5.25. The van der Waals surface area contributed by atoms with Crippen LogP contribution in [0.25, 0.3) is 10.8 Å². The molecule has 1 N–H and O–H groups in total. The van der Waals surface area contributed by atoms with E-state index in [-0.39, 0.29) is 6.67 Å². The highest BCUT2D eigenvalue weighted by atomic mass is 79.9. The van der Waals surface area contributed by atoms with Crippen molar-refractivity contribution in [1.29, 1.82) is 5.41 Å². The topological polar surface area (TPSA) is 27.1 Å². The normalized spacial score (nSPS) is 17.3. The summed E-state index contributed by atoms with van der Waals surface area (Å²) in [7, 11) is 0.